The number of carbonyl (C=O) groups excluding carboxylic acids is 1. The van der Waals surface area contributed by atoms with Crippen LogP contribution in [0.4, 0.5) is 0 Å². The van der Waals surface area contributed by atoms with Crippen molar-refractivity contribution in [3.05, 3.63) is 95.7 Å². The van der Waals surface area contributed by atoms with E-state index in [0.29, 0.717) is 17.0 Å². The largest absolute Gasteiger partial charge is 0.495 e. The predicted octanol–water partition coefficient (Wildman–Crippen LogP) is 5.01. The van der Waals surface area contributed by atoms with Crippen molar-refractivity contribution < 1.29 is 9.53 Å². The number of fused-ring (bicyclic) bond motifs is 1. The van der Waals surface area contributed by atoms with Crippen molar-refractivity contribution >= 4 is 22.4 Å². The molecule has 6 nitrogen and oxygen atoms in total. The summed E-state index contributed by atoms with van der Waals surface area (Å²) < 4.78 is 7.05. The molecule has 168 valence electrons. The number of aryl methyl sites for hydroxylation is 1. The molecule has 0 aliphatic carbocycles. The molecule has 6 heteroatoms. The third kappa shape index (κ3) is 5.46. The van der Waals surface area contributed by atoms with Crippen LogP contribution in [-0.4, -0.2) is 29.8 Å². The number of aromatic nitrogens is 2. The second-order valence-corrected chi connectivity index (χ2v) is 7.29. The topological polar surface area (TPSA) is 68.2 Å². The molecule has 0 radical (unpaired) electrons. The molecular weight excluding hydrogens is 400 g/mol. The van der Waals surface area contributed by atoms with Gasteiger partial charge in [0.25, 0.3) is 5.91 Å². The molecular formula is C26H32N4O2. The van der Waals surface area contributed by atoms with Crippen LogP contribution in [0, 0.1) is 0 Å². The van der Waals surface area contributed by atoms with E-state index in [4.69, 9.17) is 4.74 Å². The molecule has 1 heterocycles. The van der Waals surface area contributed by atoms with E-state index < -0.39 is 0 Å². The summed E-state index contributed by atoms with van der Waals surface area (Å²) in [4.78, 5) is 12.8. The number of benzene rings is 1. The van der Waals surface area contributed by atoms with Crippen LogP contribution in [0.3, 0.4) is 0 Å². The van der Waals surface area contributed by atoms with E-state index in [2.05, 4.69) is 35.0 Å². The van der Waals surface area contributed by atoms with E-state index in [-0.39, 0.29) is 5.91 Å². The Morgan fingerprint density at radius 3 is 2.59 bits per heavy atom. The smallest absolute Gasteiger partial charge is 0.255 e. The van der Waals surface area contributed by atoms with E-state index >= 15 is 0 Å². The van der Waals surface area contributed by atoms with Crippen LogP contribution in [0.1, 0.15) is 36.8 Å². The van der Waals surface area contributed by atoms with Gasteiger partial charge in [-0.3, -0.25) is 9.48 Å². The Bertz CT molecular complexity index is 1160. The molecule has 32 heavy (non-hydrogen) atoms. The fourth-order valence-corrected chi connectivity index (χ4v) is 3.20. The molecule has 2 aromatic rings. The molecule has 0 spiro atoms. The number of amides is 1. The molecule has 0 atom stereocenters. The van der Waals surface area contributed by atoms with Gasteiger partial charge in [-0.1, -0.05) is 30.9 Å². The maximum atomic E-state index is 12.8. The zero-order valence-electron chi connectivity index (χ0n) is 19.7. The fraction of sp³-hybridized carbons (Fsp3) is 0.231. The van der Waals surface area contributed by atoms with Crippen molar-refractivity contribution in [3.8, 4) is 0 Å². The van der Waals surface area contributed by atoms with Gasteiger partial charge in [0.1, 0.15) is 5.76 Å². The third-order valence-corrected chi connectivity index (χ3v) is 5.18. The van der Waals surface area contributed by atoms with Crippen LogP contribution in [0.25, 0.3) is 16.5 Å². The highest BCUT2D eigenvalue weighted by molar-refractivity contribution is 6.01. The SMILES string of the molecule is C=C/C(OC)=C(\C=C\NC(=O)c1ccc2c(c1)c(C(=C)/C(C)=C\C(C)=C/C)nn2C)NC. The van der Waals surface area contributed by atoms with E-state index in [9.17, 15) is 4.79 Å². The summed E-state index contributed by atoms with van der Waals surface area (Å²) in [6, 6.07) is 5.53. The Hall–Kier alpha value is -3.80. The van der Waals surface area contributed by atoms with Crippen LogP contribution >= 0.6 is 0 Å². The van der Waals surface area contributed by atoms with Crippen molar-refractivity contribution in [3.63, 3.8) is 0 Å². The maximum absolute atomic E-state index is 12.8. The quantitative estimate of drug-likeness (QED) is 0.432. The van der Waals surface area contributed by atoms with Gasteiger partial charge in [0.05, 0.1) is 24.0 Å². The van der Waals surface area contributed by atoms with Gasteiger partial charge in [-0.05, 0) is 62.3 Å². The Balaban J connectivity index is 2.36. The molecule has 1 amide bonds. The first-order valence-electron chi connectivity index (χ1n) is 10.3. The number of rotatable bonds is 9. The van der Waals surface area contributed by atoms with Crippen molar-refractivity contribution in [2.75, 3.05) is 14.2 Å². The number of hydrogen-bond donors (Lipinski definition) is 2. The van der Waals surface area contributed by atoms with E-state index in [1.54, 1.807) is 43.3 Å². The normalized spacial score (nSPS) is 13.2. The zero-order chi connectivity index (χ0) is 23.8. The first-order valence-corrected chi connectivity index (χ1v) is 10.3. The minimum atomic E-state index is -0.228. The molecule has 0 saturated carbocycles. The monoisotopic (exact) mass is 432 g/mol. The van der Waals surface area contributed by atoms with Gasteiger partial charge in [0.2, 0.25) is 0 Å². The summed E-state index contributed by atoms with van der Waals surface area (Å²) in [5, 5.41) is 11.3. The number of hydrogen-bond acceptors (Lipinski definition) is 4. The van der Waals surface area contributed by atoms with Crippen molar-refractivity contribution in [2.24, 2.45) is 7.05 Å². The second-order valence-electron chi connectivity index (χ2n) is 7.29. The highest BCUT2D eigenvalue weighted by Crippen LogP contribution is 2.29. The minimum absolute atomic E-state index is 0.228. The van der Waals surface area contributed by atoms with Gasteiger partial charge >= 0.3 is 0 Å². The van der Waals surface area contributed by atoms with Gasteiger partial charge in [-0.15, -0.1) is 0 Å². The molecule has 2 N–H and O–H groups in total. The van der Waals surface area contributed by atoms with Crippen LogP contribution in [0.15, 0.2) is 84.5 Å². The number of allylic oxidation sites excluding steroid dienone is 7. The molecule has 1 aromatic heterocycles. The molecule has 0 fully saturated rings. The van der Waals surface area contributed by atoms with Crippen LogP contribution < -0.4 is 10.6 Å². The fourth-order valence-electron chi connectivity index (χ4n) is 3.20. The number of nitrogens with one attached hydrogen (secondary N) is 2. The lowest BCUT2D eigenvalue weighted by atomic mass is 10.00. The average molecular weight is 433 g/mol. The van der Waals surface area contributed by atoms with Crippen molar-refractivity contribution in [1.29, 1.82) is 0 Å². The molecule has 0 aliphatic heterocycles. The molecule has 0 unspecified atom stereocenters. The minimum Gasteiger partial charge on any atom is -0.495 e. The van der Waals surface area contributed by atoms with Gasteiger partial charge in [-0.2, -0.15) is 5.10 Å². The first kappa shape index (κ1) is 24.5. The number of carbonyl (C=O) groups is 1. The van der Waals surface area contributed by atoms with Gasteiger partial charge in [0.15, 0.2) is 0 Å². The highest BCUT2D eigenvalue weighted by atomic mass is 16.5. The number of ether oxygens (including phenoxy) is 1. The lowest BCUT2D eigenvalue weighted by Gasteiger charge is -2.07. The Morgan fingerprint density at radius 1 is 1.28 bits per heavy atom. The van der Waals surface area contributed by atoms with Crippen LogP contribution in [0.2, 0.25) is 0 Å². The summed E-state index contributed by atoms with van der Waals surface area (Å²) in [5.74, 6) is 0.350. The highest BCUT2D eigenvalue weighted by Gasteiger charge is 2.15. The van der Waals surface area contributed by atoms with Gasteiger partial charge < -0.3 is 15.4 Å². The third-order valence-electron chi connectivity index (χ3n) is 5.18. The summed E-state index contributed by atoms with van der Waals surface area (Å²) in [6.45, 7) is 14.0. The molecule has 1 aromatic carbocycles. The molecule has 2 rings (SSSR count). The lowest BCUT2D eigenvalue weighted by molar-refractivity contribution is 0.0970. The van der Waals surface area contributed by atoms with E-state index in [0.717, 1.165) is 33.3 Å². The molecule has 0 aliphatic rings. The molecule has 0 saturated heterocycles. The number of likely N-dealkylation sites (N-methyl/N-ethyl adjacent to an activating group) is 1. The number of methoxy groups -OCH3 is 1. The average Bonchev–Trinajstić information content (AvgIpc) is 3.13. The van der Waals surface area contributed by atoms with Crippen molar-refractivity contribution in [1.82, 2.24) is 20.4 Å². The Labute approximate surface area is 190 Å². The predicted molar refractivity (Wildman–Crippen MR) is 133 cm³/mol. The van der Waals surface area contributed by atoms with E-state index in [1.807, 2.05) is 46.0 Å². The summed E-state index contributed by atoms with van der Waals surface area (Å²) in [5.41, 5.74) is 5.93. The summed E-state index contributed by atoms with van der Waals surface area (Å²) in [6.07, 6.45) is 9.00. The summed E-state index contributed by atoms with van der Waals surface area (Å²) in [7, 11) is 5.21. The zero-order valence-corrected chi connectivity index (χ0v) is 19.7. The first-order chi connectivity index (χ1) is 15.3. The standard InChI is InChI=1S/C26H32N4O2/c1-9-17(3)15-18(4)19(5)25-21-16-20(11-12-23(21)30(7)29-25)26(31)28-14-13-22(27-6)24(10-2)32-8/h9-16,27H,2,5H2,1,3-4,6-8H3,(H,28,31)/b14-13+,17-9-,18-15-,24-22-. The lowest BCUT2D eigenvalue weighted by Crippen LogP contribution is -2.18. The van der Waals surface area contributed by atoms with Crippen LogP contribution in [-0.2, 0) is 11.8 Å². The van der Waals surface area contributed by atoms with Crippen molar-refractivity contribution in [2.45, 2.75) is 20.8 Å². The van der Waals surface area contributed by atoms with E-state index in [1.165, 1.54) is 0 Å². The van der Waals surface area contributed by atoms with Gasteiger partial charge in [0, 0.05) is 31.2 Å². The summed E-state index contributed by atoms with van der Waals surface area (Å²) >= 11 is 0. The molecule has 0 bridgehead atoms. The second kappa shape index (κ2) is 11.0. The number of nitrogens with zero attached hydrogens (tertiary/aromatic N) is 2. The maximum Gasteiger partial charge on any atom is 0.255 e. The Kier molecular flexibility index (Phi) is 8.41. The van der Waals surface area contributed by atoms with Gasteiger partial charge in [-0.25, -0.2) is 0 Å². The van der Waals surface area contributed by atoms with Crippen LogP contribution in [0.5, 0.6) is 0 Å². The Morgan fingerprint density at radius 2 is 2.00 bits per heavy atom.